The molecule has 0 bridgehead atoms. The quantitative estimate of drug-likeness (QED) is 0.507. The van der Waals surface area contributed by atoms with E-state index in [1.165, 1.54) is 0 Å². The summed E-state index contributed by atoms with van der Waals surface area (Å²) in [4.78, 5) is 8.56. The molecular formula is CH3ClNiO3. The maximum Gasteiger partial charge on any atom is 0.503 e. The summed E-state index contributed by atoms with van der Waals surface area (Å²) in [6.07, 6.45) is -1.83. The summed E-state index contributed by atoms with van der Waals surface area (Å²) >= 11 is 0. The van der Waals surface area contributed by atoms with Gasteiger partial charge in [-0.1, -0.05) is 0 Å². The molecule has 0 heterocycles. The van der Waals surface area contributed by atoms with Gasteiger partial charge >= 0.3 is 6.16 Å². The van der Waals surface area contributed by atoms with Gasteiger partial charge < -0.3 is 10.2 Å². The Morgan fingerprint density at radius 3 is 1.33 bits per heavy atom. The van der Waals surface area contributed by atoms with E-state index in [9.17, 15) is 0 Å². The van der Waals surface area contributed by atoms with E-state index in [0.717, 1.165) is 0 Å². The SMILES string of the molecule is Cl.O=C(O)O.[Ni]. The van der Waals surface area contributed by atoms with Crippen LogP contribution in [0.5, 0.6) is 0 Å². The third-order valence-corrected chi connectivity index (χ3v) is 0. The predicted octanol–water partition coefficient (Wildman–Crippen LogP) is 0.642. The van der Waals surface area contributed by atoms with Crippen molar-refractivity contribution in [2.24, 2.45) is 0 Å². The first-order valence-corrected chi connectivity index (χ1v) is 0.651. The Balaban J connectivity index is -0.0000000450. The Bertz CT molecular complexity index is 33.8. The third kappa shape index (κ3) is 13200. The average molecular weight is 157 g/mol. The Hall–Kier alpha value is 0.0535. The van der Waals surface area contributed by atoms with E-state index in [4.69, 9.17) is 15.0 Å². The minimum Gasteiger partial charge on any atom is -0.450 e. The second-order valence-electron chi connectivity index (χ2n) is 0.283. The van der Waals surface area contributed by atoms with Crippen molar-refractivity contribution < 1.29 is 31.5 Å². The number of hydrogen-bond acceptors (Lipinski definition) is 1. The minimum absolute atomic E-state index is 0. The Morgan fingerprint density at radius 1 is 1.33 bits per heavy atom. The summed E-state index contributed by atoms with van der Waals surface area (Å²) in [5, 5.41) is 13.9. The summed E-state index contributed by atoms with van der Waals surface area (Å²) in [5.74, 6) is 0. The van der Waals surface area contributed by atoms with E-state index in [-0.39, 0.29) is 28.9 Å². The van der Waals surface area contributed by atoms with Crippen molar-refractivity contribution in [1.82, 2.24) is 0 Å². The molecular weight excluding hydrogens is 154 g/mol. The molecule has 0 saturated carbocycles. The largest absolute Gasteiger partial charge is 0.503 e. The molecule has 5 heteroatoms. The molecule has 0 radical (unpaired) electrons. The molecule has 0 aromatic rings. The average Bonchev–Trinajstić information content (AvgIpc) is 0.811. The molecule has 0 fully saturated rings. The van der Waals surface area contributed by atoms with Gasteiger partial charge in [-0.25, -0.2) is 4.79 Å². The molecule has 0 spiro atoms. The van der Waals surface area contributed by atoms with Gasteiger partial charge in [0, 0.05) is 16.5 Å². The fraction of sp³-hybridized carbons (Fsp3) is 0. The van der Waals surface area contributed by atoms with Crippen molar-refractivity contribution in [3.63, 3.8) is 0 Å². The van der Waals surface area contributed by atoms with Crippen LogP contribution >= 0.6 is 12.4 Å². The zero-order valence-electron chi connectivity index (χ0n) is 2.53. The molecule has 0 amide bonds. The van der Waals surface area contributed by atoms with Crippen LogP contribution in [0.2, 0.25) is 0 Å². The van der Waals surface area contributed by atoms with Crippen LogP contribution in [0, 0.1) is 0 Å². The molecule has 0 aromatic carbocycles. The number of halogens is 1. The van der Waals surface area contributed by atoms with Gasteiger partial charge in [0.1, 0.15) is 0 Å². The zero-order chi connectivity index (χ0) is 3.58. The van der Waals surface area contributed by atoms with Crippen molar-refractivity contribution in [3.8, 4) is 0 Å². The number of hydrogen-bond donors (Lipinski definition) is 2. The van der Waals surface area contributed by atoms with Gasteiger partial charge in [0.25, 0.3) is 0 Å². The van der Waals surface area contributed by atoms with Crippen LogP contribution in [0.15, 0.2) is 0 Å². The maximum absolute atomic E-state index is 8.56. The Kier molecular flexibility index (Phi) is 24.6. The number of rotatable bonds is 0. The van der Waals surface area contributed by atoms with Gasteiger partial charge in [0.05, 0.1) is 0 Å². The van der Waals surface area contributed by atoms with Gasteiger partial charge in [-0.3, -0.25) is 0 Å². The summed E-state index contributed by atoms with van der Waals surface area (Å²) in [6.45, 7) is 0. The van der Waals surface area contributed by atoms with E-state index >= 15 is 0 Å². The number of carboxylic acid groups (broad SMARTS) is 2. The summed E-state index contributed by atoms with van der Waals surface area (Å²) < 4.78 is 0. The van der Waals surface area contributed by atoms with Gasteiger partial charge in [0.2, 0.25) is 0 Å². The van der Waals surface area contributed by atoms with Crippen LogP contribution < -0.4 is 0 Å². The van der Waals surface area contributed by atoms with Gasteiger partial charge in [-0.2, -0.15) is 0 Å². The molecule has 3 nitrogen and oxygen atoms in total. The topological polar surface area (TPSA) is 57.5 Å². The van der Waals surface area contributed by atoms with Crippen LogP contribution in [0.25, 0.3) is 0 Å². The first-order chi connectivity index (χ1) is 1.73. The van der Waals surface area contributed by atoms with Crippen LogP contribution in [0.1, 0.15) is 0 Å². The predicted molar refractivity (Wildman–Crippen MR) is 17.9 cm³/mol. The fourth-order valence-corrected chi connectivity index (χ4v) is 0. The second kappa shape index (κ2) is 8.91. The van der Waals surface area contributed by atoms with E-state index in [0.29, 0.717) is 0 Å². The standard InChI is InChI=1S/CH2O3.ClH.Ni/c2-1(3)4;;/h(H2,2,3,4);1H;. The molecule has 0 aromatic heterocycles. The van der Waals surface area contributed by atoms with Crippen LogP contribution in [0.3, 0.4) is 0 Å². The fourth-order valence-electron chi connectivity index (χ4n) is 0. The molecule has 2 N–H and O–H groups in total. The molecule has 0 unspecified atom stereocenters. The number of carbonyl (C=O) groups is 1. The zero-order valence-corrected chi connectivity index (χ0v) is 4.33. The van der Waals surface area contributed by atoms with Crippen LogP contribution in [-0.2, 0) is 16.5 Å². The first-order valence-electron chi connectivity index (χ1n) is 0.651. The van der Waals surface area contributed by atoms with Gasteiger partial charge in [0.15, 0.2) is 0 Å². The first kappa shape index (κ1) is 16.6. The van der Waals surface area contributed by atoms with Gasteiger partial charge in [-0.05, 0) is 0 Å². The van der Waals surface area contributed by atoms with Gasteiger partial charge in [-0.15, -0.1) is 12.4 Å². The van der Waals surface area contributed by atoms with E-state index < -0.39 is 6.16 Å². The molecule has 0 aliphatic carbocycles. The molecule has 0 aliphatic rings. The van der Waals surface area contributed by atoms with Crippen molar-refractivity contribution in [1.29, 1.82) is 0 Å². The Morgan fingerprint density at radius 2 is 1.33 bits per heavy atom. The molecule has 42 valence electrons. The van der Waals surface area contributed by atoms with Crippen molar-refractivity contribution >= 4 is 18.6 Å². The molecule has 0 aliphatic heterocycles. The summed E-state index contributed by atoms with van der Waals surface area (Å²) in [6, 6.07) is 0. The van der Waals surface area contributed by atoms with Crippen molar-refractivity contribution in [2.75, 3.05) is 0 Å². The van der Waals surface area contributed by atoms with Crippen LogP contribution in [-0.4, -0.2) is 16.4 Å². The third-order valence-electron chi connectivity index (χ3n) is 0. The van der Waals surface area contributed by atoms with E-state index in [1.807, 2.05) is 0 Å². The van der Waals surface area contributed by atoms with E-state index in [2.05, 4.69) is 0 Å². The minimum atomic E-state index is -1.83. The normalized spacial score (nSPS) is 4.00. The molecule has 0 atom stereocenters. The van der Waals surface area contributed by atoms with E-state index in [1.54, 1.807) is 0 Å². The molecule has 0 rings (SSSR count). The van der Waals surface area contributed by atoms with Crippen molar-refractivity contribution in [2.45, 2.75) is 0 Å². The smallest absolute Gasteiger partial charge is 0.450 e. The van der Waals surface area contributed by atoms with Crippen LogP contribution in [0.4, 0.5) is 4.79 Å². The second-order valence-corrected chi connectivity index (χ2v) is 0.283. The summed E-state index contributed by atoms with van der Waals surface area (Å²) in [5.41, 5.74) is 0. The monoisotopic (exact) mass is 156 g/mol. The maximum atomic E-state index is 8.56. The molecule has 6 heavy (non-hydrogen) atoms. The summed E-state index contributed by atoms with van der Waals surface area (Å²) in [7, 11) is 0. The van der Waals surface area contributed by atoms with Crippen molar-refractivity contribution in [3.05, 3.63) is 0 Å². The molecule has 0 saturated heterocycles. The Labute approximate surface area is 50.7 Å².